The molecule has 116 valence electrons. The Kier molecular flexibility index (Phi) is 3.79. The molecule has 22 heavy (non-hydrogen) atoms. The van der Waals surface area contributed by atoms with Crippen LogP contribution in [-0.4, -0.2) is 23.2 Å². The van der Waals surface area contributed by atoms with Crippen LogP contribution >= 0.6 is 0 Å². The van der Waals surface area contributed by atoms with Crippen LogP contribution in [-0.2, 0) is 0 Å². The van der Waals surface area contributed by atoms with Gasteiger partial charge in [0.2, 0.25) is 17.4 Å². The monoisotopic (exact) mass is 310 g/mol. The first-order valence-electron chi connectivity index (χ1n) is 6.82. The lowest BCUT2D eigenvalue weighted by molar-refractivity contribution is 0.373. The maximum atomic E-state index is 14.5. The molecular weight excluding hydrogens is 297 g/mol. The summed E-state index contributed by atoms with van der Waals surface area (Å²) >= 11 is 0. The van der Waals surface area contributed by atoms with Gasteiger partial charge in [0.15, 0.2) is 5.82 Å². The van der Waals surface area contributed by atoms with Crippen molar-refractivity contribution in [2.75, 3.05) is 18.0 Å². The molecule has 1 aromatic heterocycles. The Morgan fingerprint density at radius 1 is 1.09 bits per heavy atom. The molecule has 1 saturated heterocycles. The molecule has 1 aliphatic heterocycles. The largest absolute Gasteiger partial charge is 0.508 e. The number of phenols is 1. The van der Waals surface area contributed by atoms with Crippen LogP contribution in [0.25, 0.3) is 0 Å². The number of aromatic nitrogens is 1. The molecule has 0 saturated carbocycles. The van der Waals surface area contributed by atoms with E-state index in [0.29, 0.717) is 13.1 Å². The summed E-state index contributed by atoms with van der Waals surface area (Å²) in [6, 6.07) is 5.39. The van der Waals surface area contributed by atoms with Gasteiger partial charge in [0.1, 0.15) is 11.5 Å². The third-order valence-corrected chi connectivity index (χ3v) is 3.42. The van der Waals surface area contributed by atoms with E-state index in [2.05, 4.69) is 4.98 Å². The summed E-state index contributed by atoms with van der Waals surface area (Å²) < 4.78 is 47.0. The van der Waals surface area contributed by atoms with Crippen molar-refractivity contribution in [2.45, 2.75) is 12.8 Å². The number of benzene rings is 1. The SMILES string of the molecule is Oc1cccc(Oc2c(F)c(F)nc(N3CCCC3)c2F)c1. The Morgan fingerprint density at radius 2 is 1.82 bits per heavy atom. The second-order valence-electron chi connectivity index (χ2n) is 4.98. The molecule has 2 aromatic rings. The summed E-state index contributed by atoms with van der Waals surface area (Å²) in [5.41, 5.74) is 0. The standard InChI is InChI=1S/C15H13F3N2O2/c16-11-13(22-10-5-3-4-9(21)8-10)12(17)15(19-14(11)18)20-6-1-2-7-20/h3-5,8,21H,1-2,6-7H2. The molecule has 4 nitrogen and oxygen atoms in total. The van der Waals surface area contributed by atoms with Gasteiger partial charge in [-0.2, -0.15) is 18.2 Å². The molecule has 0 radical (unpaired) electrons. The molecule has 0 bridgehead atoms. The smallest absolute Gasteiger partial charge is 0.255 e. The highest BCUT2D eigenvalue weighted by molar-refractivity contribution is 5.49. The van der Waals surface area contributed by atoms with Gasteiger partial charge < -0.3 is 14.7 Å². The van der Waals surface area contributed by atoms with E-state index in [1.165, 1.54) is 24.3 Å². The Labute approximate surface area is 124 Å². The van der Waals surface area contributed by atoms with E-state index in [-0.39, 0.29) is 17.3 Å². The van der Waals surface area contributed by atoms with Crippen LogP contribution in [0.3, 0.4) is 0 Å². The normalized spacial score (nSPS) is 14.4. The average Bonchev–Trinajstić information content (AvgIpc) is 3.01. The zero-order valence-electron chi connectivity index (χ0n) is 11.5. The van der Waals surface area contributed by atoms with Crippen molar-refractivity contribution in [3.05, 3.63) is 41.8 Å². The Balaban J connectivity index is 2.02. The predicted octanol–water partition coefficient (Wildman–Crippen LogP) is 3.60. The quantitative estimate of drug-likeness (QED) is 0.880. The molecule has 0 atom stereocenters. The van der Waals surface area contributed by atoms with Gasteiger partial charge in [0.05, 0.1) is 0 Å². The van der Waals surface area contributed by atoms with Crippen molar-refractivity contribution in [3.8, 4) is 17.2 Å². The first kappa shape index (κ1) is 14.5. The molecule has 1 aliphatic rings. The molecule has 7 heteroatoms. The summed E-state index contributed by atoms with van der Waals surface area (Å²) in [5.74, 6) is -5.22. The zero-order valence-corrected chi connectivity index (χ0v) is 11.5. The fourth-order valence-electron chi connectivity index (χ4n) is 2.38. The topological polar surface area (TPSA) is 45.6 Å². The van der Waals surface area contributed by atoms with E-state index in [1.54, 1.807) is 4.90 Å². The number of halogens is 3. The Bertz CT molecular complexity index is 703. The van der Waals surface area contributed by atoms with Crippen LogP contribution in [0.1, 0.15) is 12.8 Å². The average molecular weight is 310 g/mol. The van der Waals surface area contributed by atoms with Gasteiger partial charge in [-0.05, 0) is 25.0 Å². The van der Waals surface area contributed by atoms with Crippen LogP contribution in [0.4, 0.5) is 19.0 Å². The van der Waals surface area contributed by atoms with E-state index in [0.717, 1.165) is 12.8 Å². The minimum atomic E-state index is -1.50. The van der Waals surface area contributed by atoms with E-state index >= 15 is 0 Å². The van der Waals surface area contributed by atoms with Crippen molar-refractivity contribution in [3.63, 3.8) is 0 Å². The number of pyridine rings is 1. The molecule has 0 spiro atoms. The second kappa shape index (κ2) is 5.75. The predicted molar refractivity (Wildman–Crippen MR) is 73.7 cm³/mol. The maximum absolute atomic E-state index is 14.5. The molecule has 1 aromatic carbocycles. The minimum absolute atomic E-state index is 0.00391. The van der Waals surface area contributed by atoms with Crippen LogP contribution in [0.5, 0.6) is 17.2 Å². The number of hydrogen-bond acceptors (Lipinski definition) is 4. The van der Waals surface area contributed by atoms with Gasteiger partial charge in [-0.25, -0.2) is 0 Å². The molecule has 0 aliphatic carbocycles. The molecule has 0 unspecified atom stereocenters. The number of ether oxygens (including phenoxy) is 1. The van der Waals surface area contributed by atoms with Gasteiger partial charge >= 0.3 is 0 Å². The highest BCUT2D eigenvalue weighted by Gasteiger charge is 2.27. The third-order valence-electron chi connectivity index (χ3n) is 3.42. The summed E-state index contributed by atoms with van der Waals surface area (Å²) in [5, 5.41) is 9.35. The van der Waals surface area contributed by atoms with Crippen LogP contribution < -0.4 is 9.64 Å². The lowest BCUT2D eigenvalue weighted by Crippen LogP contribution is -2.21. The summed E-state index contributed by atoms with van der Waals surface area (Å²) in [6.45, 7) is 1.06. The van der Waals surface area contributed by atoms with E-state index < -0.39 is 23.3 Å². The summed E-state index contributed by atoms with van der Waals surface area (Å²) in [7, 11) is 0. The lowest BCUT2D eigenvalue weighted by atomic mass is 10.3. The lowest BCUT2D eigenvalue weighted by Gasteiger charge is -2.19. The van der Waals surface area contributed by atoms with Crippen molar-refractivity contribution < 1.29 is 23.0 Å². The Hall–Kier alpha value is -2.44. The van der Waals surface area contributed by atoms with Gasteiger partial charge in [0, 0.05) is 19.2 Å². The van der Waals surface area contributed by atoms with E-state index in [1.807, 2.05) is 0 Å². The van der Waals surface area contributed by atoms with Crippen molar-refractivity contribution in [1.29, 1.82) is 0 Å². The van der Waals surface area contributed by atoms with Gasteiger partial charge in [0.25, 0.3) is 5.95 Å². The highest BCUT2D eigenvalue weighted by Crippen LogP contribution is 2.35. The highest BCUT2D eigenvalue weighted by atomic mass is 19.2. The van der Waals surface area contributed by atoms with Gasteiger partial charge in [-0.15, -0.1) is 0 Å². The van der Waals surface area contributed by atoms with Crippen molar-refractivity contribution in [1.82, 2.24) is 4.98 Å². The fraction of sp³-hybridized carbons (Fsp3) is 0.267. The third kappa shape index (κ3) is 2.66. The van der Waals surface area contributed by atoms with Crippen molar-refractivity contribution >= 4 is 5.82 Å². The number of rotatable bonds is 3. The maximum Gasteiger partial charge on any atom is 0.255 e. The fourth-order valence-corrected chi connectivity index (χ4v) is 2.38. The second-order valence-corrected chi connectivity index (χ2v) is 4.98. The molecule has 3 rings (SSSR count). The minimum Gasteiger partial charge on any atom is -0.508 e. The number of anilines is 1. The molecular formula is C15H13F3N2O2. The number of aromatic hydroxyl groups is 1. The molecule has 2 heterocycles. The number of hydrogen-bond donors (Lipinski definition) is 1. The van der Waals surface area contributed by atoms with Gasteiger partial charge in [-0.1, -0.05) is 6.07 Å². The van der Waals surface area contributed by atoms with E-state index in [4.69, 9.17) is 4.74 Å². The first-order chi connectivity index (χ1) is 10.6. The van der Waals surface area contributed by atoms with Gasteiger partial charge in [-0.3, -0.25) is 0 Å². The zero-order chi connectivity index (χ0) is 15.7. The summed E-state index contributed by atoms with van der Waals surface area (Å²) in [6.07, 6.45) is 1.67. The first-order valence-corrected chi connectivity index (χ1v) is 6.82. The number of nitrogens with zero attached hydrogens (tertiary/aromatic N) is 2. The van der Waals surface area contributed by atoms with Crippen LogP contribution in [0.15, 0.2) is 24.3 Å². The molecule has 1 N–H and O–H groups in total. The summed E-state index contributed by atoms with van der Waals surface area (Å²) in [4.78, 5) is 4.90. The van der Waals surface area contributed by atoms with E-state index in [9.17, 15) is 18.3 Å². The van der Waals surface area contributed by atoms with Crippen LogP contribution in [0.2, 0.25) is 0 Å². The molecule has 1 fully saturated rings. The van der Waals surface area contributed by atoms with Crippen LogP contribution in [0, 0.1) is 17.6 Å². The van der Waals surface area contributed by atoms with Crippen molar-refractivity contribution in [2.24, 2.45) is 0 Å². The molecule has 0 amide bonds. The number of phenolic OH excluding ortho intramolecular Hbond substituents is 1. The Morgan fingerprint density at radius 3 is 2.50 bits per heavy atom.